The van der Waals surface area contributed by atoms with Gasteiger partial charge in [-0.05, 0) is 75.3 Å². The summed E-state index contributed by atoms with van der Waals surface area (Å²) in [6.45, 7) is 9.95. The predicted molar refractivity (Wildman–Crippen MR) is 128 cm³/mol. The van der Waals surface area contributed by atoms with Crippen molar-refractivity contribution in [3.05, 3.63) is 75.0 Å². The molecule has 1 N–H and O–H groups in total. The Balaban J connectivity index is 1.76. The van der Waals surface area contributed by atoms with Gasteiger partial charge in [0.25, 0.3) is 5.91 Å². The molecule has 0 atom stereocenters. The van der Waals surface area contributed by atoms with Crippen LogP contribution in [0, 0.1) is 34.6 Å². The molecule has 1 aliphatic carbocycles. The van der Waals surface area contributed by atoms with Crippen molar-refractivity contribution in [2.24, 2.45) is 0 Å². The number of rotatable bonds is 4. The van der Waals surface area contributed by atoms with Gasteiger partial charge < -0.3 is 10.1 Å². The van der Waals surface area contributed by atoms with Crippen molar-refractivity contribution >= 4 is 23.2 Å². The molecule has 1 fully saturated rings. The average Bonchev–Trinajstić information content (AvgIpc) is 2.99. The molecule has 0 aromatic heterocycles. The van der Waals surface area contributed by atoms with Crippen LogP contribution in [0.25, 0.3) is 5.57 Å². The first kappa shape index (κ1) is 23.0. The molecule has 5 nitrogen and oxygen atoms in total. The summed E-state index contributed by atoms with van der Waals surface area (Å²) in [6.07, 6.45) is 1.73. The molecule has 1 amide bonds. The summed E-state index contributed by atoms with van der Waals surface area (Å²) in [4.78, 5) is 38.4. The molecule has 0 unspecified atom stereocenters. The van der Waals surface area contributed by atoms with Crippen molar-refractivity contribution in [2.45, 2.75) is 72.3 Å². The molecule has 172 valence electrons. The van der Waals surface area contributed by atoms with E-state index >= 15 is 0 Å². The van der Waals surface area contributed by atoms with Gasteiger partial charge in [-0.1, -0.05) is 41.5 Å². The lowest BCUT2D eigenvalue weighted by atomic mass is 9.79. The summed E-state index contributed by atoms with van der Waals surface area (Å²) >= 11 is 0. The van der Waals surface area contributed by atoms with Crippen LogP contribution in [-0.4, -0.2) is 23.2 Å². The van der Waals surface area contributed by atoms with Crippen LogP contribution in [-0.2, 0) is 25.5 Å². The maximum Gasteiger partial charge on any atom is 0.315 e. The van der Waals surface area contributed by atoms with Gasteiger partial charge in [-0.3, -0.25) is 14.4 Å². The Morgan fingerprint density at radius 2 is 1.55 bits per heavy atom. The Morgan fingerprint density at radius 1 is 0.909 bits per heavy atom. The van der Waals surface area contributed by atoms with Gasteiger partial charge in [-0.2, -0.15) is 0 Å². The van der Waals surface area contributed by atoms with E-state index in [9.17, 15) is 14.4 Å². The average molecular weight is 446 g/mol. The van der Waals surface area contributed by atoms with Crippen LogP contribution in [0.2, 0.25) is 0 Å². The molecular formula is C28H31NO4. The highest BCUT2D eigenvalue weighted by Crippen LogP contribution is 2.43. The second-order valence-electron chi connectivity index (χ2n) is 9.63. The number of aryl methyl sites for hydroxylation is 5. The summed E-state index contributed by atoms with van der Waals surface area (Å²) < 4.78 is 6.06. The lowest BCUT2D eigenvalue weighted by Gasteiger charge is -2.34. The number of nitrogens with one attached hydrogen (secondary N) is 1. The van der Waals surface area contributed by atoms with E-state index in [1.807, 2.05) is 52.8 Å². The van der Waals surface area contributed by atoms with Gasteiger partial charge in [0.15, 0.2) is 0 Å². The Kier molecular flexibility index (Phi) is 6.00. The highest BCUT2D eigenvalue weighted by molar-refractivity contribution is 6.24. The van der Waals surface area contributed by atoms with Crippen molar-refractivity contribution in [3.63, 3.8) is 0 Å². The van der Waals surface area contributed by atoms with E-state index in [0.29, 0.717) is 37.0 Å². The Bertz CT molecular complexity index is 1170. The zero-order valence-corrected chi connectivity index (χ0v) is 20.1. The van der Waals surface area contributed by atoms with Crippen LogP contribution < -0.4 is 5.32 Å². The quantitative estimate of drug-likeness (QED) is 0.690. The molecule has 1 aliphatic heterocycles. The molecule has 2 aromatic carbocycles. The zero-order valence-electron chi connectivity index (χ0n) is 20.1. The van der Waals surface area contributed by atoms with Crippen molar-refractivity contribution < 1.29 is 19.1 Å². The molecule has 4 rings (SSSR count). The number of hydrogen-bond acceptors (Lipinski definition) is 4. The maximum absolute atomic E-state index is 13.2. The van der Waals surface area contributed by atoms with E-state index in [1.165, 1.54) is 0 Å². The van der Waals surface area contributed by atoms with Gasteiger partial charge in [0.2, 0.25) is 0 Å². The number of ether oxygens (including phenoxy) is 1. The minimum absolute atomic E-state index is 0.130. The summed E-state index contributed by atoms with van der Waals surface area (Å²) in [7, 11) is 0. The summed E-state index contributed by atoms with van der Waals surface area (Å²) in [5.41, 5.74) is 6.52. The van der Waals surface area contributed by atoms with E-state index < -0.39 is 11.5 Å². The highest BCUT2D eigenvalue weighted by Gasteiger charge is 2.50. The van der Waals surface area contributed by atoms with Crippen molar-refractivity contribution in [1.29, 1.82) is 0 Å². The molecule has 2 aliphatic rings. The maximum atomic E-state index is 13.2. The monoisotopic (exact) mass is 445 g/mol. The van der Waals surface area contributed by atoms with Crippen LogP contribution in [0.15, 0.2) is 36.1 Å². The van der Waals surface area contributed by atoms with Crippen LogP contribution in [0.5, 0.6) is 0 Å². The Labute approximate surface area is 195 Å². The van der Waals surface area contributed by atoms with E-state index in [2.05, 4.69) is 17.4 Å². The highest BCUT2D eigenvalue weighted by atomic mass is 16.5. The number of carbonyl (C=O) groups excluding carboxylic acids is 3. The van der Waals surface area contributed by atoms with Crippen molar-refractivity contribution in [3.8, 4) is 0 Å². The van der Waals surface area contributed by atoms with Crippen molar-refractivity contribution in [2.75, 3.05) is 0 Å². The topological polar surface area (TPSA) is 72.5 Å². The van der Waals surface area contributed by atoms with Crippen LogP contribution in [0.1, 0.15) is 64.6 Å². The van der Waals surface area contributed by atoms with E-state index in [0.717, 1.165) is 38.9 Å². The van der Waals surface area contributed by atoms with Gasteiger partial charge >= 0.3 is 5.97 Å². The molecule has 1 saturated carbocycles. The predicted octanol–water partition coefficient (Wildman–Crippen LogP) is 4.74. The van der Waals surface area contributed by atoms with Crippen LogP contribution in [0.4, 0.5) is 0 Å². The lowest BCUT2D eigenvalue weighted by molar-refractivity contribution is -0.140. The fourth-order valence-corrected chi connectivity index (χ4v) is 5.17. The number of carbonyl (C=O) groups is 3. The van der Waals surface area contributed by atoms with E-state index in [-0.39, 0.29) is 18.1 Å². The molecule has 33 heavy (non-hydrogen) atoms. The number of ketones is 1. The van der Waals surface area contributed by atoms with Gasteiger partial charge in [0.05, 0.1) is 12.0 Å². The molecular weight excluding hydrogens is 414 g/mol. The summed E-state index contributed by atoms with van der Waals surface area (Å²) in [5, 5.41) is 3.09. The Hall–Kier alpha value is -3.21. The standard InChI is InChI=1S/C28H31NO4/c1-16-6-7-18(3)23(14-16)25-26(28(29-27(25)32)10-8-21(30)9-11-28)33-24(31)15-22-19(4)12-17(2)13-20(22)5/h6-7,12-14H,8-11,15H2,1-5H3,(H,29,32). The fourth-order valence-electron chi connectivity index (χ4n) is 5.17. The zero-order chi connectivity index (χ0) is 23.9. The number of amides is 1. The summed E-state index contributed by atoms with van der Waals surface area (Å²) in [6, 6.07) is 10.0. The molecule has 1 heterocycles. The second kappa shape index (κ2) is 8.62. The van der Waals surface area contributed by atoms with Gasteiger partial charge in [0.1, 0.15) is 17.1 Å². The van der Waals surface area contributed by atoms with Crippen LogP contribution >= 0.6 is 0 Å². The van der Waals surface area contributed by atoms with Crippen LogP contribution in [0.3, 0.4) is 0 Å². The number of Topliss-reactive ketones (excluding diaryl/α,β-unsaturated/α-hetero) is 1. The van der Waals surface area contributed by atoms with E-state index in [4.69, 9.17) is 4.74 Å². The third-order valence-electron chi connectivity index (χ3n) is 6.94. The first-order valence-electron chi connectivity index (χ1n) is 11.5. The van der Waals surface area contributed by atoms with Gasteiger partial charge in [0, 0.05) is 12.8 Å². The number of esters is 1. The smallest absolute Gasteiger partial charge is 0.315 e. The lowest BCUT2D eigenvalue weighted by Crippen LogP contribution is -2.48. The first-order valence-corrected chi connectivity index (χ1v) is 11.5. The summed E-state index contributed by atoms with van der Waals surface area (Å²) in [5.74, 6) is -0.0908. The largest absolute Gasteiger partial charge is 0.427 e. The van der Waals surface area contributed by atoms with Gasteiger partial charge in [-0.25, -0.2) is 0 Å². The fraction of sp³-hybridized carbons (Fsp3) is 0.393. The molecule has 0 bridgehead atoms. The molecule has 1 spiro atoms. The molecule has 5 heteroatoms. The Morgan fingerprint density at radius 3 is 2.18 bits per heavy atom. The molecule has 2 aromatic rings. The molecule has 0 saturated heterocycles. The number of benzene rings is 2. The SMILES string of the molecule is Cc1cc(C)c(CC(=O)OC2=C(c3cc(C)ccc3C)C(=O)NC23CCC(=O)CC3)c(C)c1. The third kappa shape index (κ3) is 4.37. The number of hydrogen-bond donors (Lipinski definition) is 1. The van der Waals surface area contributed by atoms with E-state index in [1.54, 1.807) is 0 Å². The minimum atomic E-state index is -0.816. The minimum Gasteiger partial charge on any atom is -0.427 e. The second-order valence-corrected chi connectivity index (χ2v) is 9.63. The molecule has 0 radical (unpaired) electrons. The third-order valence-corrected chi connectivity index (χ3v) is 6.94. The van der Waals surface area contributed by atoms with Crippen molar-refractivity contribution in [1.82, 2.24) is 5.32 Å². The normalized spacial score (nSPS) is 17.5. The first-order chi connectivity index (χ1) is 15.6. The van der Waals surface area contributed by atoms with Gasteiger partial charge in [-0.15, -0.1) is 0 Å².